The molecule has 0 saturated carbocycles. The van der Waals surface area contributed by atoms with Crippen LogP contribution in [0.5, 0.6) is 0 Å². The molecule has 6 nitrogen and oxygen atoms in total. The lowest BCUT2D eigenvalue weighted by atomic mass is 10.4. The number of aromatic amines is 1. The lowest BCUT2D eigenvalue weighted by Crippen LogP contribution is -2.19. The SMILES string of the molecule is NC(=O)COCCn1c(-c2cccs2)n[nH]c1=S. The van der Waals surface area contributed by atoms with Crippen molar-refractivity contribution in [3.05, 3.63) is 22.3 Å². The van der Waals surface area contributed by atoms with E-state index in [0.717, 1.165) is 10.7 Å². The van der Waals surface area contributed by atoms with E-state index < -0.39 is 5.91 Å². The zero-order chi connectivity index (χ0) is 13.0. The molecule has 0 aliphatic rings. The summed E-state index contributed by atoms with van der Waals surface area (Å²) in [6.07, 6.45) is 0. The fraction of sp³-hybridized carbons (Fsp3) is 0.300. The number of rotatable bonds is 6. The molecule has 0 aromatic carbocycles. The number of hydrogen-bond acceptors (Lipinski definition) is 5. The van der Waals surface area contributed by atoms with Crippen LogP contribution in [-0.4, -0.2) is 33.9 Å². The van der Waals surface area contributed by atoms with Crippen LogP contribution in [0.15, 0.2) is 17.5 Å². The van der Waals surface area contributed by atoms with Crippen LogP contribution in [-0.2, 0) is 16.1 Å². The van der Waals surface area contributed by atoms with Gasteiger partial charge in [0.15, 0.2) is 10.6 Å². The van der Waals surface area contributed by atoms with Gasteiger partial charge >= 0.3 is 0 Å². The van der Waals surface area contributed by atoms with Crippen LogP contribution >= 0.6 is 23.6 Å². The van der Waals surface area contributed by atoms with Gasteiger partial charge in [-0.15, -0.1) is 11.3 Å². The molecule has 3 N–H and O–H groups in total. The van der Waals surface area contributed by atoms with Crippen molar-refractivity contribution in [1.82, 2.24) is 14.8 Å². The smallest absolute Gasteiger partial charge is 0.243 e. The Morgan fingerprint density at radius 2 is 2.50 bits per heavy atom. The summed E-state index contributed by atoms with van der Waals surface area (Å²) in [5, 5.41) is 8.90. The van der Waals surface area contributed by atoms with E-state index in [4.69, 9.17) is 22.7 Å². The van der Waals surface area contributed by atoms with Crippen LogP contribution in [0.2, 0.25) is 0 Å². The van der Waals surface area contributed by atoms with Crippen molar-refractivity contribution in [2.45, 2.75) is 6.54 Å². The Bertz CT molecular complexity index is 573. The molecule has 2 aromatic heterocycles. The summed E-state index contributed by atoms with van der Waals surface area (Å²) in [6, 6.07) is 3.92. The number of thiophene rings is 1. The average molecular weight is 284 g/mol. The number of H-pyrrole nitrogens is 1. The van der Waals surface area contributed by atoms with Crippen molar-refractivity contribution in [3.63, 3.8) is 0 Å². The molecule has 0 radical (unpaired) electrons. The van der Waals surface area contributed by atoms with Crippen molar-refractivity contribution in [2.24, 2.45) is 5.73 Å². The first kappa shape index (κ1) is 12.9. The predicted octanol–water partition coefficient (Wildman–Crippen LogP) is 1.17. The number of nitrogens with two attached hydrogens (primary N) is 1. The first-order valence-corrected chi connectivity index (χ1v) is 6.52. The number of amides is 1. The summed E-state index contributed by atoms with van der Waals surface area (Å²) in [7, 11) is 0. The highest BCUT2D eigenvalue weighted by Gasteiger charge is 2.09. The number of carbonyl (C=O) groups is 1. The van der Waals surface area contributed by atoms with Crippen molar-refractivity contribution >= 4 is 29.5 Å². The van der Waals surface area contributed by atoms with Gasteiger partial charge in [0.2, 0.25) is 5.91 Å². The molecule has 0 unspecified atom stereocenters. The van der Waals surface area contributed by atoms with Crippen molar-refractivity contribution < 1.29 is 9.53 Å². The highest BCUT2D eigenvalue weighted by Crippen LogP contribution is 2.22. The van der Waals surface area contributed by atoms with Crippen LogP contribution in [0, 0.1) is 4.77 Å². The summed E-state index contributed by atoms with van der Waals surface area (Å²) in [5.41, 5.74) is 4.98. The molecule has 0 fully saturated rings. The highest BCUT2D eigenvalue weighted by molar-refractivity contribution is 7.71. The number of primary amides is 1. The van der Waals surface area contributed by atoms with Gasteiger partial charge in [-0.05, 0) is 23.7 Å². The van der Waals surface area contributed by atoms with Crippen molar-refractivity contribution in [1.29, 1.82) is 0 Å². The molecule has 18 heavy (non-hydrogen) atoms. The summed E-state index contributed by atoms with van der Waals surface area (Å²) in [5.74, 6) is 0.293. The molecule has 0 atom stereocenters. The fourth-order valence-electron chi connectivity index (χ4n) is 1.45. The minimum absolute atomic E-state index is 0.0838. The lowest BCUT2D eigenvalue weighted by molar-refractivity contribution is -0.122. The molecule has 8 heteroatoms. The van der Waals surface area contributed by atoms with E-state index in [1.54, 1.807) is 11.3 Å². The molecule has 2 aromatic rings. The molecule has 0 aliphatic carbocycles. The van der Waals surface area contributed by atoms with E-state index in [0.29, 0.717) is 17.9 Å². The van der Waals surface area contributed by atoms with Gasteiger partial charge in [-0.25, -0.2) is 0 Å². The molecule has 0 saturated heterocycles. The van der Waals surface area contributed by atoms with E-state index in [1.165, 1.54) is 0 Å². The molecule has 2 rings (SSSR count). The van der Waals surface area contributed by atoms with Crippen LogP contribution < -0.4 is 5.73 Å². The first-order valence-electron chi connectivity index (χ1n) is 5.23. The Labute approximate surface area is 112 Å². The zero-order valence-corrected chi connectivity index (χ0v) is 11.1. The van der Waals surface area contributed by atoms with Crippen LogP contribution in [0.3, 0.4) is 0 Å². The molecule has 0 aliphatic heterocycles. The molecule has 1 amide bonds. The van der Waals surface area contributed by atoms with Gasteiger partial charge in [-0.1, -0.05) is 6.07 Å². The van der Waals surface area contributed by atoms with E-state index in [1.807, 2.05) is 22.1 Å². The Balaban J connectivity index is 2.06. The predicted molar refractivity (Wildman–Crippen MR) is 70.7 cm³/mol. The van der Waals surface area contributed by atoms with Gasteiger partial charge in [0, 0.05) is 0 Å². The van der Waals surface area contributed by atoms with Gasteiger partial charge in [0.05, 0.1) is 18.0 Å². The highest BCUT2D eigenvalue weighted by atomic mass is 32.1. The molecule has 96 valence electrons. The van der Waals surface area contributed by atoms with Gasteiger partial charge in [-0.2, -0.15) is 5.10 Å². The topological polar surface area (TPSA) is 85.9 Å². The van der Waals surface area contributed by atoms with Crippen molar-refractivity contribution in [2.75, 3.05) is 13.2 Å². The number of aromatic nitrogens is 3. The van der Waals surface area contributed by atoms with Crippen LogP contribution in [0.1, 0.15) is 0 Å². The lowest BCUT2D eigenvalue weighted by Gasteiger charge is -2.05. The van der Waals surface area contributed by atoms with Crippen LogP contribution in [0.25, 0.3) is 10.7 Å². The third-order valence-corrected chi connectivity index (χ3v) is 3.38. The average Bonchev–Trinajstić information content (AvgIpc) is 2.94. The molecular weight excluding hydrogens is 272 g/mol. The fourth-order valence-corrected chi connectivity index (χ4v) is 2.39. The standard InChI is InChI=1S/C10H12N4O2S2/c11-8(15)6-16-4-3-14-9(12-13-10(14)17)7-2-1-5-18-7/h1-2,5H,3-4,6H2,(H2,11,15)(H,13,17). The maximum atomic E-state index is 10.5. The number of nitrogens with one attached hydrogen (secondary N) is 1. The van der Waals surface area contributed by atoms with Gasteiger partial charge in [-0.3, -0.25) is 14.5 Å². The molecule has 0 spiro atoms. The monoisotopic (exact) mass is 284 g/mol. The second kappa shape index (κ2) is 5.89. The Morgan fingerprint density at radius 1 is 1.67 bits per heavy atom. The van der Waals surface area contributed by atoms with E-state index in [2.05, 4.69) is 10.2 Å². The Morgan fingerprint density at radius 3 is 3.17 bits per heavy atom. The van der Waals surface area contributed by atoms with Gasteiger partial charge in [0.1, 0.15) is 6.61 Å². The maximum Gasteiger partial charge on any atom is 0.243 e. The molecular formula is C10H12N4O2S2. The number of ether oxygens (including phenoxy) is 1. The Kier molecular flexibility index (Phi) is 4.24. The van der Waals surface area contributed by atoms with Gasteiger partial charge < -0.3 is 10.5 Å². The number of carbonyl (C=O) groups excluding carboxylic acids is 1. The van der Waals surface area contributed by atoms with E-state index in [-0.39, 0.29) is 6.61 Å². The largest absolute Gasteiger partial charge is 0.370 e. The van der Waals surface area contributed by atoms with Crippen LogP contribution in [0.4, 0.5) is 0 Å². The third kappa shape index (κ3) is 3.03. The first-order chi connectivity index (χ1) is 8.68. The number of nitrogens with zero attached hydrogens (tertiary/aromatic N) is 2. The summed E-state index contributed by atoms with van der Waals surface area (Å²) in [6.45, 7) is 0.796. The molecule has 0 bridgehead atoms. The van der Waals surface area contributed by atoms with Crippen molar-refractivity contribution in [3.8, 4) is 10.7 Å². The summed E-state index contributed by atoms with van der Waals surface area (Å²) in [4.78, 5) is 11.6. The summed E-state index contributed by atoms with van der Waals surface area (Å²) >= 11 is 6.73. The van der Waals surface area contributed by atoms with Gasteiger partial charge in [0.25, 0.3) is 0 Å². The zero-order valence-electron chi connectivity index (χ0n) is 9.46. The normalized spacial score (nSPS) is 10.7. The maximum absolute atomic E-state index is 10.5. The Hall–Kier alpha value is -1.51. The third-order valence-electron chi connectivity index (χ3n) is 2.20. The summed E-state index contributed by atoms with van der Waals surface area (Å²) < 4.78 is 7.48. The second-order valence-corrected chi connectivity index (χ2v) is 4.83. The molecule has 2 heterocycles. The quantitative estimate of drug-likeness (QED) is 0.616. The minimum atomic E-state index is -0.482. The van der Waals surface area contributed by atoms with E-state index in [9.17, 15) is 4.79 Å². The van der Waals surface area contributed by atoms with E-state index >= 15 is 0 Å². The second-order valence-electron chi connectivity index (χ2n) is 3.50. The minimum Gasteiger partial charge on any atom is -0.370 e. The number of hydrogen-bond donors (Lipinski definition) is 2.